The van der Waals surface area contributed by atoms with Crippen molar-refractivity contribution in [2.75, 3.05) is 26.7 Å². The number of imidazole rings is 1. The van der Waals surface area contributed by atoms with Crippen molar-refractivity contribution in [1.29, 1.82) is 5.26 Å². The quantitative estimate of drug-likeness (QED) is 0.434. The second-order valence-corrected chi connectivity index (χ2v) is 9.39. The Hall–Kier alpha value is -3.57. The third-order valence-electron chi connectivity index (χ3n) is 7.06. The minimum Gasteiger partial charge on any atom is -0.491 e. The van der Waals surface area contributed by atoms with Crippen LogP contribution in [0, 0.1) is 17.2 Å². The summed E-state index contributed by atoms with van der Waals surface area (Å²) in [5.74, 6) is 2.39. The topological polar surface area (TPSA) is 114 Å². The minimum atomic E-state index is -0.260. The average molecular weight is 443 g/mol. The maximum absolute atomic E-state index is 12.8. The molecule has 4 aromatic rings. The molecule has 0 atom stereocenters. The van der Waals surface area contributed by atoms with Crippen LogP contribution in [0.25, 0.3) is 33.3 Å². The Morgan fingerprint density at radius 3 is 2.76 bits per heavy atom. The number of benzene rings is 1. The van der Waals surface area contributed by atoms with E-state index in [-0.39, 0.29) is 5.56 Å². The van der Waals surface area contributed by atoms with E-state index >= 15 is 0 Å². The van der Waals surface area contributed by atoms with Crippen LogP contribution in [0.1, 0.15) is 42.7 Å². The van der Waals surface area contributed by atoms with Gasteiger partial charge in [-0.1, -0.05) is 6.07 Å². The molecule has 3 N–H and O–H groups in total. The first kappa shape index (κ1) is 20.1. The Labute approximate surface area is 190 Å². The molecule has 6 rings (SSSR count). The van der Waals surface area contributed by atoms with Crippen molar-refractivity contribution in [3.63, 3.8) is 0 Å². The van der Waals surface area contributed by atoms with Gasteiger partial charge in [0.15, 0.2) is 5.75 Å². The number of fused-ring (bicyclic) bond motifs is 2. The summed E-state index contributed by atoms with van der Waals surface area (Å²) in [6, 6.07) is 6.37. The maximum atomic E-state index is 12.8. The second-order valence-electron chi connectivity index (χ2n) is 9.39. The Morgan fingerprint density at radius 2 is 2.00 bits per heavy atom. The monoisotopic (exact) mass is 442 g/mol. The first-order valence-corrected chi connectivity index (χ1v) is 11.6. The number of nitrogens with one attached hydrogen (secondary N) is 3. The molecule has 33 heavy (non-hydrogen) atoms. The summed E-state index contributed by atoms with van der Waals surface area (Å²) in [4.78, 5) is 29.2. The number of piperidine rings is 1. The van der Waals surface area contributed by atoms with Crippen LogP contribution in [0.3, 0.4) is 0 Å². The van der Waals surface area contributed by atoms with Crippen molar-refractivity contribution in [3.8, 4) is 23.2 Å². The molecule has 0 amide bonds. The molecule has 0 unspecified atom stereocenters. The molecule has 0 spiro atoms. The number of H-pyrrole nitrogens is 3. The molecule has 3 aromatic heterocycles. The molecule has 4 heterocycles. The van der Waals surface area contributed by atoms with Gasteiger partial charge in [0.05, 0.1) is 23.2 Å². The highest BCUT2D eigenvalue weighted by Crippen LogP contribution is 2.40. The van der Waals surface area contributed by atoms with E-state index < -0.39 is 0 Å². The van der Waals surface area contributed by atoms with Crippen molar-refractivity contribution in [3.05, 3.63) is 46.0 Å². The van der Waals surface area contributed by atoms with Crippen LogP contribution in [0.4, 0.5) is 0 Å². The van der Waals surface area contributed by atoms with Crippen LogP contribution in [-0.4, -0.2) is 51.6 Å². The van der Waals surface area contributed by atoms with E-state index in [1.54, 1.807) is 12.4 Å². The lowest BCUT2D eigenvalue weighted by atomic mass is 9.88. The highest BCUT2D eigenvalue weighted by Gasteiger charge is 2.27. The van der Waals surface area contributed by atoms with E-state index in [1.165, 1.54) is 18.4 Å². The Morgan fingerprint density at radius 1 is 1.18 bits per heavy atom. The van der Waals surface area contributed by atoms with E-state index in [2.05, 4.69) is 39.0 Å². The number of nitrogens with zero attached hydrogens (tertiary/aromatic N) is 3. The molecule has 2 fully saturated rings. The standard InChI is InChI=1S/C25H26N6O2/c1-31-8-6-15(7-9-31)17-4-5-19-22(23(17)33-13-14-2-3-14)30-24(29-19)20-21-18(12-28-25(20)32)16(10-26)11-27-21/h4-5,11-12,14-15,27H,2-3,6-9,13H2,1H3,(H,28,32)(H,29,30). The van der Waals surface area contributed by atoms with Crippen molar-refractivity contribution in [2.24, 2.45) is 5.92 Å². The van der Waals surface area contributed by atoms with E-state index in [1.807, 2.05) is 6.07 Å². The van der Waals surface area contributed by atoms with Crippen LogP contribution >= 0.6 is 0 Å². The van der Waals surface area contributed by atoms with Crippen molar-refractivity contribution in [2.45, 2.75) is 31.6 Å². The predicted molar refractivity (Wildman–Crippen MR) is 126 cm³/mol. The molecule has 1 aliphatic carbocycles. The molecule has 8 heteroatoms. The summed E-state index contributed by atoms with van der Waals surface area (Å²) in [5.41, 5.74) is 4.06. The number of rotatable bonds is 5. The summed E-state index contributed by atoms with van der Waals surface area (Å²) in [6.07, 6.45) is 7.82. The first-order chi connectivity index (χ1) is 16.1. The van der Waals surface area contributed by atoms with Crippen LogP contribution in [0.15, 0.2) is 29.3 Å². The zero-order valence-corrected chi connectivity index (χ0v) is 18.6. The van der Waals surface area contributed by atoms with Crippen LogP contribution in [0.5, 0.6) is 5.75 Å². The normalized spacial score (nSPS) is 17.6. The summed E-state index contributed by atoms with van der Waals surface area (Å²) in [5, 5.41) is 10.1. The fourth-order valence-electron chi connectivity index (χ4n) is 4.90. The molecule has 1 saturated heterocycles. The number of nitriles is 1. The Bertz CT molecular complexity index is 1440. The molecular weight excluding hydrogens is 416 g/mol. The van der Waals surface area contributed by atoms with Crippen molar-refractivity contribution in [1.82, 2.24) is 24.8 Å². The first-order valence-electron chi connectivity index (χ1n) is 11.6. The fraction of sp³-hybridized carbons (Fsp3) is 0.400. The second kappa shape index (κ2) is 7.78. The van der Waals surface area contributed by atoms with Gasteiger partial charge in [0.2, 0.25) is 0 Å². The van der Waals surface area contributed by atoms with Gasteiger partial charge in [-0.3, -0.25) is 4.79 Å². The number of aromatic amines is 3. The van der Waals surface area contributed by atoms with Gasteiger partial charge < -0.3 is 24.6 Å². The van der Waals surface area contributed by atoms with E-state index in [0.717, 1.165) is 42.7 Å². The molecular formula is C25H26N6O2. The fourth-order valence-corrected chi connectivity index (χ4v) is 4.90. The van der Waals surface area contributed by atoms with Gasteiger partial charge in [-0.25, -0.2) is 4.98 Å². The van der Waals surface area contributed by atoms with Gasteiger partial charge >= 0.3 is 0 Å². The van der Waals surface area contributed by atoms with Gasteiger partial charge in [-0.05, 0) is 69.3 Å². The minimum absolute atomic E-state index is 0.260. The Balaban J connectivity index is 1.49. The summed E-state index contributed by atoms with van der Waals surface area (Å²) in [6.45, 7) is 2.85. The molecule has 1 aromatic carbocycles. The van der Waals surface area contributed by atoms with Gasteiger partial charge in [-0.15, -0.1) is 0 Å². The third kappa shape index (κ3) is 3.49. The molecule has 2 aliphatic rings. The molecule has 0 radical (unpaired) electrons. The van der Waals surface area contributed by atoms with Crippen LogP contribution in [0.2, 0.25) is 0 Å². The smallest absolute Gasteiger partial charge is 0.261 e. The van der Waals surface area contributed by atoms with Gasteiger partial charge in [-0.2, -0.15) is 5.26 Å². The largest absolute Gasteiger partial charge is 0.491 e. The molecule has 1 aliphatic heterocycles. The van der Waals surface area contributed by atoms with E-state index in [0.29, 0.717) is 46.3 Å². The third-order valence-corrected chi connectivity index (χ3v) is 7.06. The molecule has 8 nitrogen and oxygen atoms in total. The predicted octanol–water partition coefficient (Wildman–Crippen LogP) is 3.87. The number of likely N-dealkylation sites (tertiary alicyclic amines) is 1. The molecule has 168 valence electrons. The number of ether oxygens (including phenoxy) is 1. The zero-order valence-electron chi connectivity index (χ0n) is 18.6. The number of aromatic nitrogens is 4. The number of hydrogen-bond acceptors (Lipinski definition) is 5. The lowest BCUT2D eigenvalue weighted by molar-refractivity contribution is 0.248. The van der Waals surface area contributed by atoms with Gasteiger partial charge in [0.25, 0.3) is 5.56 Å². The maximum Gasteiger partial charge on any atom is 0.261 e. The highest BCUT2D eigenvalue weighted by atomic mass is 16.5. The zero-order chi connectivity index (χ0) is 22.5. The summed E-state index contributed by atoms with van der Waals surface area (Å²) in [7, 11) is 2.17. The summed E-state index contributed by atoms with van der Waals surface area (Å²) >= 11 is 0. The summed E-state index contributed by atoms with van der Waals surface area (Å²) < 4.78 is 6.41. The average Bonchev–Trinajstić information content (AvgIpc) is 3.40. The number of hydrogen-bond donors (Lipinski definition) is 3. The number of pyridine rings is 1. The van der Waals surface area contributed by atoms with E-state index in [4.69, 9.17) is 9.72 Å². The lowest BCUT2D eigenvalue weighted by Crippen LogP contribution is -2.29. The van der Waals surface area contributed by atoms with Crippen molar-refractivity contribution >= 4 is 21.9 Å². The van der Waals surface area contributed by atoms with E-state index in [9.17, 15) is 10.1 Å². The van der Waals surface area contributed by atoms with Gasteiger partial charge in [0.1, 0.15) is 23.0 Å². The van der Waals surface area contributed by atoms with Crippen LogP contribution < -0.4 is 10.3 Å². The van der Waals surface area contributed by atoms with Crippen molar-refractivity contribution < 1.29 is 4.74 Å². The molecule has 0 bridgehead atoms. The Kier molecular flexibility index (Phi) is 4.73. The van der Waals surface area contributed by atoms with Crippen LogP contribution in [-0.2, 0) is 0 Å². The highest BCUT2D eigenvalue weighted by molar-refractivity contribution is 5.97. The lowest BCUT2D eigenvalue weighted by Gasteiger charge is -2.30. The SMILES string of the molecule is CN1CCC(c2ccc3[nH]c(-c4c(=O)[nH]cc5c(C#N)c[nH]c45)nc3c2OCC2CC2)CC1. The molecule has 1 saturated carbocycles. The van der Waals surface area contributed by atoms with Gasteiger partial charge in [0, 0.05) is 17.8 Å².